The Labute approximate surface area is 134 Å². The van der Waals surface area contributed by atoms with Gasteiger partial charge in [-0.3, -0.25) is 9.59 Å². The van der Waals surface area contributed by atoms with Gasteiger partial charge in [0.2, 0.25) is 5.91 Å². The Kier molecular flexibility index (Phi) is 8.42. The van der Waals surface area contributed by atoms with E-state index >= 15 is 0 Å². The fourth-order valence-electron chi connectivity index (χ4n) is 2.34. The summed E-state index contributed by atoms with van der Waals surface area (Å²) in [6, 6.07) is -0.286. The van der Waals surface area contributed by atoms with Gasteiger partial charge in [-0.05, 0) is 12.8 Å². The van der Waals surface area contributed by atoms with Crippen molar-refractivity contribution in [2.24, 2.45) is 5.92 Å². The van der Waals surface area contributed by atoms with Crippen molar-refractivity contribution in [3.05, 3.63) is 0 Å². The predicted molar refractivity (Wildman–Crippen MR) is 79.3 cm³/mol. The van der Waals surface area contributed by atoms with Gasteiger partial charge in [0.25, 0.3) is 0 Å². The molecule has 6 N–H and O–H groups in total. The minimum absolute atomic E-state index is 0.255. The SMILES string of the molecule is COC(=O)CCCCNC(=O)C(O)C(C1CN1)C(O)C(O)CO. The van der Waals surface area contributed by atoms with Gasteiger partial charge in [0.05, 0.1) is 19.8 Å². The Morgan fingerprint density at radius 2 is 1.96 bits per heavy atom. The molecule has 1 aliphatic rings. The lowest BCUT2D eigenvalue weighted by Crippen LogP contribution is -2.50. The molecule has 0 aromatic heterocycles. The molecule has 134 valence electrons. The molecule has 1 fully saturated rings. The molecule has 1 aliphatic heterocycles. The van der Waals surface area contributed by atoms with E-state index in [1.165, 1.54) is 7.11 Å². The number of methoxy groups -OCH3 is 1. The molecular weight excluding hydrogens is 308 g/mol. The van der Waals surface area contributed by atoms with E-state index in [-0.39, 0.29) is 25.0 Å². The second-order valence-electron chi connectivity index (χ2n) is 5.60. The second-order valence-corrected chi connectivity index (χ2v) is 5.60. The molecule has 0 spiro atoms. The number of ether oxygens (including phenoxy) is 1. The highest BCUT2D eigenvalue weighted by atomic mass is 16.5. The molecule has 5 atom stereocenters. The van der Waals surface area contributed by atoms with Crippen LogP contribution < -0.4 is 10.6 Å². The number of aliphatic hydroxyl groups is 4. The van der Waals surface area contributed by atoms with E-state index in [9.17, 15) is 24.9 Å². The normalized spacial score (nSPS) is 21.9. The molecule has 9 nitrogen and oxygen atoms in total. The van der Waals surface area contributed by atoms with Gasteiger partial charge >= 0.3 is 5.97 Å². The first-order valence-corrected chi connectivity index (χ1v) is 7.65. The number of rotatable bonds is 11. The summed E-state index contributed by atoms with van der Waals surface area (Å²) >= 11 is 0. The van der Waals surface area contributed by atoms with Crippen LogP contribution in [0.3, 0.4) is 0 Å². The standard InChI is InChI=1S/C14H26N2O7/c1-23-10(19)4-2-3-5-15-14(22)13(21)11(8-6-16-8)12(20)9(18)7-17/h8-9,11-13,16-18,20-21H,2-7H2,1H3,(H,15,22). The first-order valence-electron chi connectivity index (χ1n) is 7.65. The summed E-state index contributed by atoms with van der Waals surface area (Å²) in [7, 11) is 1.30. The number of aliphatic hydroxyl groups excluding tert-OH is 4. The lowest BCUT2D eigenvalue weighted by atomic mass is 9.88. The topological polar surface area (TPSA) is 158 Å². The van der Waals surface area contributed by atoms with Crippen LogP contribution in [0.25, 0.3) is 0 Å². The third kappa shape index (κ3) is 6.40. The van der Waals surface area contributed by atoms with Gasteiger partial charge in [-0.1, -0.05) is 0 Å². The summed E-state index contributed by atoms with van der Waals surface area (Å²) in [4.78, 5) is 22.9. The van der Waals surface area contributed by atoms with E-state index in [0.717, 1.165) is 0 Å². The van der Waals surface area contributed by atoms with Crippen LogP contribution in [-0.4, -0.2) is 83.5 Å². The van der Waals surface area contributed by atoms with Crippen molar-refractivity contribution in [3.8, 4) is 0 Å². The number of carbonyl (C=O) groups is 2. The van der Waals surface area contributed by atoms with E-state index in [4.69, 9.17) is 5.11 Å². The second kappa shape index (κ2) is 9.78. The fourth-order valence-corrected chi connectivity index (χ4v) is 2.34. The Morgan fingerprint density at radius 1 is 1.30 bits per heavy atom. The Bertz CT molecular complexity index is 389. The zero-order valence-electron chi connectivity index (χ0n) is 13.1. The van der Waals surface area contributed by atoms with E-state index in [1.54, 1.807) is 0 Å². The van der Waals surface area contributed by atoms with E-state index < -0.39 is 36.7 Å². The fraction of sp³-hybridized carbons (Fsp3) is 0.857. The van der Waals surface area contributed by atoms with Crippen LogP contribution in [0.15, 0.2) is 0 Å². The Balaban J connectivity index is 2.39. The van der Waals surface area contributed by atoms with E-state index in [0.29, 0.717) is 19.4 Å². The van der Waals surface area contributed by atoms with E-state index in [1.807, 2.05) is 0 Å². The van der Waals surface area contributed by atoms with Gasteiger partial charge < -0.3 is 35.8 Å². The van der Waals surface area contributed by atoms with Crippen molar-refractivity contribution in [2.45, 2.75) is 43.6 Å². The maximum Gasteiger partial charge on any atom is 0.305 e. The zero-order valence-corrected chi connectivity index (χ0v) is 13.1. The number of esters is 1. The van der Waals surface area contributed by atoms with Gasteiger partial charge in [-0.25, -0.2) is 0 Å². The minimum atomic E-state index is -1.51. The van der Waals surface area contributed by atoms with Crippen LogP contribution in [0.5, 0.6) is 0 Å². The summed E-state index contributed by atoms with van der Waals surface area (Å²) in [5.41, 5.74) is 0. The minimum Gasteiger partial charge on any atom is -0.469 e. The van der Waals surface area contributed by atoms with Gasteiger partial charge in [-0.2, -0.15) is 0 Å². The maximum absolute atomic E-state index is 11.9. The number of nitrogens with one attached hydrogen (secondary N) is 2. The van der Waals surface area contributed by atoms with Crippen molar-refractivity contribution in [1.29, 1.82) is 0 Å². The number of unbranched alkanes of at least 4 members (excludes halogenated alkanes) is 1. The average Bonchev–Trinajstić information content (AvgIpc) is 3.37. The van der Waals surface area contributed by atoms with Crippen molar-refractivity contribution in [3.63, 3.8) is 0 Å². The molecular formula is C14H26N2O7. The zero-order chi connectivity index (χ0) is 17.4. The van der Waals surface area contributed by atoms with E-state index in [2.05, 4.69) is 15.4 Å². The summed E-state index contributed by atoms with van der Waals surface area (Å²) < 4.78 is 4.50. The molecule has 0 aliphatic carbocycles. The third-order valence-corrected chi connectivity index (χ3v) is 3.85. The van der Waals surface area contributed by atoms with Gasteiger partial charge in [-0.15, -0.1) is 0 Å². The summed E-state index contributed by atoms with van der Waals surface area (Å²) in [6.07, 6.45) is -3.01. The van der Waals surface area contributed by atoms with Crippen molar-refractivity contribution < 1.29 is 34.8 Å². The molecule has 0 aromatic carbocycles. The average molecular weight is 334 g/mol. The molecule has 5 unspecified atom stereocenters. The van der Waals surface area contributed by atoms with Gasteiger partial charge in [0.15, 0.2) is 0 Å². The van der Waals surface area contributed by atoms with Gasteiger partial charge in [0.1, 0.15) is 12.2 Å². The van der Waals surface area contributed by atoms with Crippen LogP contribution in [0.1, 0.15) is 19.3 Å². The molecule has 1 heterocycles. The number of amides is 1. The molecule has 1 amide bonds. The monoisotopic (exact) mass is 334 g/mol. The maximum atomic E-state index is 11.9. The first kappa shape index (κ1) is 19.8. The lowest BCUT2D eigenvalue weighted by molar-refractivity contribution is -0.140. The van der Waals surface area contributed by atoms with Crippen LogP contribution >= 0.6 is 0 Å². The highest BCUT2D eigenvalue weighted by molar-refractivity contribution is 5.81. The molecule has 23 heavy (non-hydrogen) atoms. The van der Waals surface area contributed by atoms with Crippen LogP contribution in [0.4, 0.5) is 0 Å². The Morgan fingerprint density at radius 3 is 2.48 bits per heavy atom. The molecule has 9 heteroatoms. The van der Waals surface area contributed by atoms with Crippen LogP contribution in [0.2, 0.25) is 0 Å². The first-order chi connectivity index (χ1) is 10.9. The molecule has 0 aromatic rings. The number of hydrogen-bond acceptors (Lipinski definition) is 8. The Hall–Kier alpha value is -1.26. The predicted octanol–water partition coefficient (Wildman–Crippen LogP) is -2.89. The number of hydrogen-bond donors (Lipinski definition) is 6. The summed E-state index contributed by atoms with van der Waals surface area (Å²) in [6.45, 7) is 0.131. The van der Waals surface area contributed by atoms with Crippen molar-refractivity contribution in [2.75, 3.05) is 26.8 Å². The summed E-state index contributed by atoms with van der Waals surface area (Å²) in [5, 5.41) is 43.9. The number of carbonyl (C=O) groups excluding carboxylic acids is 2. The highest BCUT2D eigenvalue weighted by Gasteiger charge is 2.45. The van der Waals surface area contributed by atoms with Gasteiger partial charge in [0, 0.05) is 31.5 Å². The molecule has 1 rings (SSSR count). The van der Waals surface area contributed by atoms with Crippen LogP contribution in [-0.2, 0) is 14.3 Å². The quantitative estimate of drug-likeness (QED) is 0.133. The molecule has 0 radical (unpaired) electrons. The van der Waals surface area contributed by atoms with Crippen molar-refractivity contribution >= 4 is 11.9 Å². The molecule has 0 bridgehead atoms. The molecule has 1 saturated heterocycles. The van der Waals surface area contributed by atoms with Crippen molar-refractivity contribution in [1.82, 2.24) is 10.6 Å². The van der Waals surface area contributed by atoms with Crippen LogP contribution in [0, 0.1) is 5.92 Å². The smallest absolute Gasteiger partial charge is 0.305 e. The summed E-state index contributed by atoms with van der Waals surface area (Å²) in [5.74, 6) is -1.89. The lowest BCUT2D eigenvalue weighted by Gasteiger charge is -2.28. The third-order valence-electron chi connectivity index (χ3n) is 3.85. The largest absolute Gasteiger partial charge is 0.469 e. The highest BCUT2D eigenvalue weighted by Crippen LogP contribution is 2.23. The molecule has 0 saturated carbocycles.